The molecule has 0 spiro atoms. The molecule has 0 amide bonds. The van der Waals surface area contributed by atoms with Gasteiger partial charge in [0.15, 0.2) is 0 Å². The van der Waals surface area contributed by atoms with Gasteiger partial charge in [-0.1, -0.05) is 6.07 Å². The minimum Gasteiger partial charge on any atom is -0.439 e. The zero-order valence-electron chi connectivity index (χ0n) is 13.3. The van der Waals surface area contributed by atoms with Gasteiger partial charge in [0.2, 0.25) is 5.88 Å². The molecule has 1 aromatic carbocycles. The molecule has 2 rings (SSSR count). The van der Waals surface area contributed by atoms with E-state index in [1.165, 1.54) is 12.1 Å². The van der Waals surface area contributed by atoms with Crippen LogP contribution in [-0.2, 0) is 0 Å². The van der Waals surface area contributed by atoms with Gasteiger partial charge in [0.25, 0.3) is 0 Å². The van der Waals surface area contributed by atoms with Crippen molar-refractivity contribution >= 4 is 12.0 Å². The number of pyridine rings is 1. The molecule has 0 aliphatic rings. The molecule has 0 radical (unpaired) electrons. The Bertz CT molecular complexity index is 686. The van der Waals surface area contributed by atoms with Gasteiger partial charge >= 0.3 is 0 Å². The summed E-state index contributed by atoms with van der Waals surface area (Å²) in [5.74, 6) is 0.554. The Morgan fingerprint density at radius 2 is 2.09 bits per heavy atom. The third kappa shape index (κ3) is 4.04. The molecule has 4 nitrogen and oxygen atoms in total. The van der Waals surface area contributed by atoms with Crippen molar-refractivity contribution in [3.63, 3.8) is 0 Å². The van der Waals surface area contributed by atoms with E-state index in [0.29, 0.717) is 11.6 Å². The van der Waals surface area contributed by atoms with Crippen LogP contribution in [0.15, 0.2) is 35.3 Å². The number of aliphatic imine (C=N–C) groups is 1. The third-order valence-electron chi connectivity index (χ3n) is 3.23. The van der Waals surface area contributed by atoms with Gasteiger partial charge in [-0.3, -0.25) is 0 Å². The molecule has 2 aromatic rings. The van der Waals surface area contributed by atoms with Crippen LogP contribution in [0, 0.1) is 19.7 Å². The average molecular weight is 301 g/mol. The SMILES string of the molecule is CCN(C)C=Nc1cc(C)c(Oc2cccc(F)c2)nc1C. The highest BCUT2D eigenvalue weighted by molar-refractivity contribution is 5.63. The predicted molar refractivity (Wildman–Crippen MR) is 86.6 cm³/mol. The van der Waals surface area contributed by atoms with Crippen molar-refractivity contribution in [2.24, 2.45) is 4.99 Å². The summed E-state index contributed by atoms with van der Waals surface area (Å²) in [7, 11) is 1.96. The average Bonchev–Trinajstić information content (AvgIpc) is 2.49. The zero-order chi connectivity index (χ0) is 16.1. The Balaban J connectivity index is 2.24. The molecular formula is C17H20FN3O. The summed E-state index contributed by atoms with van der Waals surface area (Å²) < 4.78 is 18.9. The van der Waals surface area contributed by atoms with Crippen LogP contribution in [0.25, 0.3) is 0 Å². The second-order valence-corrected chi connectivity index (χ2v) is 5.09. The molecule has 0 aliphatic carbocycles. The van der Waals surface area contributed by atoms with Crippen LogP contribution in [0.2, 0.25) is 0 Å². The first-order valence-corrected chi connectivity index (χ1v) is 7.15. The summed E-state index contributed by atoms with van der Waals surface area (Å²) in [6.07, 6.45) is 1.77. The van der Waals surface area contributed by atoms with E-state index in [2.05, 4.69) is 16.9 Å². The lowest BCUT2D eigenvalue weighted by molar-refractivity contribution is 0.453. The van der Waals surface area contributed by atoms with Crippen LogP contribution < -0.4 is 4.74 Å². The summed E-state index contributed by atoms with van der Waals surface area (Å²) in [6, 6.07) is 7.92. The minimum absolute atomic E-state index is 0.337. The van der Waals surface area contributed by atoms with E-state index in [-0.39, 0.29) is 5.82 Å². The van der Waals surface area contributed by atoms with E-state index in [1.807, 2.05) is 31.9 Å². The standard InChI is InChI=1S/C17H20FN3O/c1-5-21(4)11-19-16-9-12(2)17(20-13(16)3)22-15-8-6-7-14(18)10-15/h6-11H,5H2,1-4H3. The highest BCUT2D eigenvalue weighted by Gasteiger charge is 2.08. The van der Waals surface area contributed by atoms with Gasteiger partial charge in [0, 0.05) is 25.2 Å². The van der Waals surface area contributed by atoms with E-state index >= 15 is 0 Å². The summed E-state index contributed by atoms with van der Waals surface area (Å²) in [4.78, 5) is 10.8. The van der Waals surface area contributed by atoms with Crippen LogP contribution in [0.4, 0.5) is 10.1 Å². The van der Waals surface area contributed by atoms with Gasteiger partial charge in [0.1, 0.15) is 11.6 Å². The zero-order valence-corrected chi connectivity index (χ0v) is 13.3. The van der Waals surface area contributed by atoms with Gasteiger partial charge in [-0.15, -0.1) is 0 Å². The van der Waals surface area contributed by atoms with E-state index in [4.69, 9.17) is 4.74 Å². The molecule has 0 atom stereocenters. The summed E-state index contributed by atoms with van der Waals surface area (Å²) in [6.45, 7) is 6.70. The topological polar surface area (TPSA) is 37.7 Å². The maximum Gasteiger partial charge on any atom is 0.222 e. The molecule has 0 fully saturated rings. The van der Waals surface area contributed by atoms with Crippen molar-refractivity contribution < 1.29 is 9.13 Å². The number of hydrogen-bond donors (Lipinski definition) is 0. The van der Waals surface area contributed by atoms with Crippen LogP contribution in [0.5, 0.6) is 11.6 Å². The largest absolute Gasteiger partial charge is 0.439 e. The molecular weight excluding hydrogens is 281 g/mol. The smallest absolute Gasteiger partial charge is 0.222 e. The van der Waals surface area contributed by atoms with Gasteiger partial charge in [-0.2, -0.15) is 0 Å². The lowest BCUT2D eigenvalue weighted by Crippen LogP contribution is -2.14. The molecule has 1 aromatic heterocycles. The number of benzene rings is 1. The van der Waals surface area contributed by atoms with Gasteiger partial charge in [-0.25, -0.2) is 14.4 Å². The molecule has 116 valence electrons. The Morgan fingerprint density at radius 3 is 2.77 bits per heavy atom. The summed E-state index contributed by atoms with van der Waals surface area (Å²) in [5.41, 5.74) is 2.41. The van der Waals surface area contributed by atoms with Crippen LogP contribution in [-0.4, -0.2) is 29.8 Å². The Kier molecular flexibility index (Phi) is 5.09. The maximum atomic E-state index is 13.2. The fourth-order valence-electron chi connectivity index (χ4n) is 1.79. The van der Waals surface area contributed by atoms with Crippen molar-refractivity contribution in [3.8, 4) is 11.6 Å². The minimum atomic E-state index is -0.337. The van der Waals surface area contributed by atoms with E-state index in [0.717, 1.165) is 23.5 Å². The number of halogens is 1. The number of aromatic nitrogens is 1. The predicted octanol–water partition coefficient (Wildman–Crippen LogP) is 4.24. The molecule has 0 N–H and O–H groups in total. The molecule has 0 bridgehead atoms. The first-order chi connectivity index (χ1) is 10.5. The Hall–Kier alpha value is -2.43. The van der Waals surface area contributed by atoms with E-state index in [1.54, 1.807) is 18.5 Å². The molecule has 0 aliphatic heterocycles. The molecule has 22 heavy (non-hydrogen) atoms. The highest BCUT2D eigenvalue weighted by Crippen LogP contribution is 2.28. The monoisotopic (exact) mass is 301 g/mol. The lowest BCUT2D eigenvalue weighted by Gasteiger charge is -2.11. The fraction of sp³-hybridized carbons (Fsp3) is 0.294. The molecule has 0 saturated heterocycles. The van der Waals surface area contributed by atoms with E-state index in [9.17, 15) is 4.39 Å². The summed E-state index contributed by atoms with van der Waals surface area (Å²) in [5, 5.41) is 0. The van der Waals surface area contributed by atoms with Crippen LogP contribution >= 0.6 is 0 Å². The first kappa shape index (κ1) is 15.9. The third-order valence-corrected chi connectivity index (χ3v) is 3.23. The molecule has 1 heterocycles. The van der Waals surface area contributed by atoms with Crippen LogP contribution in [0.1, 0.15) is 18.2 Å². The quantitative estimate of drug-likeness (QED) is 0.612. The van der Waals surface area contributed by atoms with Crippen molar-refractivity contribution in [3.05, 3.63) is 47.4 Å². The van der Waals surface area contributed by atoms with Gasteiger partial charge in [0.05, 0.1) is 17.7 Å². The summed E-state index contributed by atoms with van der Waals surface area (Å²) >= 11 is 0. The van der Waals surface area contributed by atoms with Crippen molar-refractivity contribution in [2.75, 3.05) is 13.6 Å². The molecule has 0 unspecified atom stereocenters. The normalized spacial score (nSPS) is 11.0. The highest BCUT2D eigenvalue weighted by atomic mass is 19.1. The van der Waals surface area contributed by atoms with Crippen molar-refractivity contribution in [1.82, 2.24) is 9.88 Å². The first-order valence-electron chi connectivity index (χ1n) is 7.15. The van der Waals surface area contributed by atoms with Crippen LogP contribution in [0.3, 0.4) is 0 Å². The Labute approximate surface area is 130 Å². The van der Waals surface area contributed by atoms with Gasteiger partial charge in [-0.05, 0) is 39.0 Å². The van der Waals surface area contributed by atoms with Crippen molar-refractivity contribution in [2.45, 2.75) is 20.8 Å². The maximum absolute atomic E-state index is 13.2. The fourth-order valence-corrected chi connectivity index (χ4v) is 1.79. The number of ether oxygens (including phenoxy) is 1. The van der Waals surface area contributed by atoms with E-state index < -0.39 is 0 Å². The van der Waals surface area contributed by atoms with Crippen molar-refractivity contribution in [1.29, 1.82) is 0 Å². The number of hydrogen-bond acceptors (Lipinski definition) is 3. The number of nitrogens with zero attached hydrogens (tertiary/aromatic N) is 3. The number of rotatable bonds is 5. The second kappa shape index (κ2) is 7.02. The number of aryl methyl sites for hydroxylation is 2. The molecule has 5 heteroatoms. The Morgan fingerprint density at radius 1 is 1.32 bits per heavy atom. The van der Waals surface area contributed by atoms with Gasteiger partial charge < -0.3 is 9.64 Å². The molecule has 0 saturated carbocycles. The second-order valence-electron chi connectivity index (χ2n) is 5.09. The lowest BCUT2D eigenvalue weighted by atomic mass is 10.2.